The van der Waals surface area contributed by atoms with Crippen LogP contribution in [0.3, 0.4) is 0 Å². The highest BCUT2D eigenvalue weighted by molar-refractivity contribution is 5.48. The molecule has 0 aromatic carbocycles. The molecule has 0 fully saturated rings. The summed E-state index contributed by atoms with van der Waals surface area (Å²) in [5, 5.41) is 13.2. The fraction of sp³-hybridized carbons (Fsp3) is 0.750. The van der Waals surface area contributed by atoms with Crippen LogP contribution in [-0.4, -0.2) is 21.5 Å². The van der Waals surface area contributed by atoms with Gasteiger partial charge in [0.2, 0.25) is 0 Å². The molecular formula is C12H23N3O. The van der Waals surface area contributed by atoms with E-state index < -0.39 is 0 Å². The van der Waals surface area contributed by atoms with Gasteiger partial charge < -0.3 is 10.8 Å². The van der Waals surface area contributed by atoms with Crippen LogP contribution in [0.5, 0.6) is 0 Å². The van der Waals surface area contributed by atoms with E-state index in [4.69, 9.17) is 10.8 Å². The topological polar surface area (TPSA) is 64.1 Å². The summed E-state index contributed by atoms with van der Waals surface area (Å²) in [6.07, 6.45) is 4.79. The van der Waals surface area contributed by atoms with E-state index in [1.54, 1.807) is 0 Å². The van der Waals surface area contributed by atoms with Crippen molar-refractivity contribution in [2.45, 2.75) is 52.5 Å². The molecule has 1 aromatic heterocycles. The molecule has 0 bridgehead atoms. The minimum atomic E-state index is 0.280. The number of nitrogens with two attached hydrogens (primary N) is 1. The summed E-state index contributed by atoms with van der Waals surface area (Å²) in [5.41, 5.74) is 9.07. The maximum absolute atomic E-state index is 8.71. The van der Waals surface area contributed by atoms with Crippen LogP contribution in [0.4, 0.5) is 5.69 Å². The van der Waals surface area contributed by atoms with Crippen molar-refractivity contribution in [1.29, 1.82) is 0 Å². The lowest BCUT2D eigenvalue weighted by Gasteiger charge is -2.05. The Morgan fingerprint density at radius 1 is 1.19 bits per heavy atom. The summed E-state index contributed by atoms with van der Waals surface area (Å²) in [7, 11) is 0. The van der Waals surface area contributed by atoms with Crippen LogP contribution in [0.15, 0.2) is 0 Å². The Kier molecular flexibility index (Phi) is 5.32. The molecule has 0 unspecified atom stereocenters. The van der Waals surface area contributed by atoms with Crippen LogP contribution in [0.25, 0.3) is 0 Å². The second-order valence-electron chi connectivity index (χ2n) is 4.02. The molecule has 0 aliphatic rings. The second-order valence-corrected chi connectivity index (χ2v) is 4.02. The number of aromatic nitrogens is 2. The molecule has 4 heteroatoms. The quantitative estimate of drug-likeness (QED) is 0.695. The molecule has 0 radical (unpaired) electrons. The number of hydrogen-bond donors (Lipinski definition) is 2. The number of aryl methyl sites for hydroxylation is 2. The number of aliphatic hydroxyl groups excluding tert-OH is 1. The summed E-state index contributed by atoms with van der Waals surface area (Å²) >= 11 is 0. The molecule has 0 aliphatic carbocycles. The van der Waals surface area contributed by atoms with Gasteiger partial charge in [-0.2, -0.15) is 5.10 Å². The number of rotatable bonds is 7. The first-order valence-electron chi connectivity index (χ1n) is 6.19. The van der Waals surface area contributed by atoms with E-state index in [0.717, 1.165) is 55.7 Å². The van der Waals surface area contributed by atoms with E-state index in [2.05, 4.69) is 18.9 Å². The molecule has 0 aliphatic heterocycles. The molecule has 16 heavy (non-hydrogen) atoms. The number of aliphatic hydroxyl groups is 1. The molecule has 4 nitrogen and oxygen atoms in total. The van der Waals surface area contributed by atoms with Crippen molar-refractivity contribution in [3.05, 3.63) is 11.4 Å². The minimum Gasteiger partial charge on any atom is -0.396 e. The van der Waals surface area contributed by atoms with Crippen molar-refractivity contribution in [3.8, 4) is 0 Å². The third kappa shape index (κ3) is 2.98. The predicted octanol–water partition coefficient (Wildman–Crippen LogP) is 1.75. The van der Waals surface area contributed by atoms with Crippen LogP contribution < -0.4 is 5.73 Å². The second kappa shape index (κ2) is 6.53. The van der Waals surface area contributed by atoms with Gasteiger partial charge in [0.1, 0.15) is 0 Å². The normalized spacial score (nSPS) is 10.9. The van der Waals surface area contributed by atoms with E-state index in [1.807, 2.05) is 4.68 Å². The number of anilines is 1. The third-order valence-corrected chi connectivity index (χ3v) is 2.87. The van der Waals surface area contributed by atoms with Gasteiger partial charge in [0.05, 0.1) is 17.1 Å². The van der Waals surface area contributed by atoms with Gasteiger partial charge in [-0.3, -0.25) is 4.68 Å². The van der Waals surface area contributed by atoms with Gasteiger partial charge in [0.25, 0.3) is 0 Å². The molecule has 3 N–H and O–H groups in total. The molecule has 0 saturated carbocycles. The van der Waals surface area contributed by atoms with E-state index in [1.165, 1.54) is 0 Å². The van der Waals surface area contributed by atoms with Gasteiger partial charge in [-0.1, -0.05) is 13.8 Å². The Morgan fingerprint density at radius 3 is 2.50 bits per heavy atom. The lowest BCUT2D eigenvalue weighted by molar-refractivity contribution is 0.281. The average Bonchev–Trinajstić information content (AvgIpc) is 2.60. The van der Waals surface area contributed by atoms with Crippen LogP contribution in [-0.2, 0) is 19.4 Å². The van der Waals surface area contributed by atoms with Crippen molar-refractivity contribution in [2.24, 2.45) is 0 Å². The first-order valence-corrected chi connectivity index (χ1v) is 6.19. The maximum Gasteiger partial charge on any atom is 0.0854 e. The monoisotopic (exact) mass is 225 g/mol. The summed E-state index contributed by atoms with van der Waals surface area (Å²) in [5.74, 6) is 0. The Morgan fingerprint density at radius 2 is 1.94 bits per heavy atom. The average molecular weight is 225 g/mol. The lowest BCUT2D eigenvalue weighted by Crippen LogP contribution is -2.05. The summed E-state index contributed by atoms with van der Waals surface area (Å²) < 4.78 is 2.03. The highest BCUT2D eigenvalue weighted by Crippen LogP contribution is 2.18. The zero-order chi connectivity index (χ0) is 12.0. The smallest absolute Gasteiger partial charge is 0.0854 e. The fourth-order valence-electron chi connectivity index (χ4n) is 1.93. The van der Waals surface area contributed by atoms with Gasteiger partial charge in [-0.05, 0) is 32.1 Å². The zero-order valence-electron chi connectivity index (χ0n) is 10.4. The van der Waals surface area contributed by atoms with Crippen LogP contribution in [0.1, 0.15) is 44.5 Å². The van der Waals surface area contributed by atoms with Gasteiger partial charge in [0, 0.05) is 13.2 Å². The molecule has 1 rings (SSSR count). The largest absolute Gasteiger partial charge is 0.396 e. The van der Waals surface area contributed by atoms with E-state index >= 15 is 0 Å². The summed E-state index contributed by atoms with van der Waals surface area (Å²) in [6, 6.07) is 0. The Labute approximate surface area is 97.5 Å². The standard InChI is InChI=1S/C12H23N3O/c1-3-10-12(13)11(4-2)15(14-10)8-6-5-7-9-16/h16H,3-9,13H2,1-2H3. The highest BCUT2D eigenvalue weighted by Gasteiger charge is 2.11. The fourth-order valence-corrected chi connectivity index (χ4v) is 1.93. The van der Waals surface area contributed by atoms with Crippen molar-refractivity contribution in [2.75, 3.05) is 12.3 Å². The SMILES string of the molecule is CCc1nn(CCCCCO)c(CC)c1N. The predicted molar refractivity (Wildman–Crippen MR) is 66.3 cm³/mol. The molecule has 0 saturated heterocycles. The van der Waals surface area contributed by atoms with Crippen LogP contribution in [0.2, 0.25) is 0 Å². The van der Waals surface area contributed by atoms with Gasteiger partial charge >= 0.3 is 0 Å². The van der Waals surface area contributed by atoms with Gasteiger partial charge in [0.15, 0.2) is 0 Å². The lowest BCUT2D eigenvalue weighted by atomic mass is 10.2. The molecule has 92 valence electrons. The Hall–Kier alpha value is -1.03. The van der Waals surface area contributed by atoms with Crippen molar-refractivity contribution in [1.82, 2.24) is 9.78 Å². The Balaban J connectivity index is 2.64. The molecule has 0 amide bonds. The number of unbranched alkanes of at least 4 members (excludes halogenated alkanes) is 2. The Bertz CT molecular complexity index is 320. The molecule has 1 heterocycles. The van der Waals surface area contributed by atoms with E-state index in [0.29, 0.717) is 0 Å². The van der Waals surface area contributed by atoms with Gasteiger partial charge in [-0.15, -0.1) is 0 Å². The first kappa shape index (κ1) is 13.0. The molecule has 0 atom stereocenters. The van der Waals surface area contributed by atoms with Crippen molar-refractivity contribution < 1.29 is 5.11 Å². The summed E-state index contributed by atoms with van der Waals surface area (Å²) in [4.78, 5) is 0. The van der Waals surface area contributed by atoms with E-state index in [9.17, 15) is 0 Å². The number of hydrogen-bond acceptors (Lipinski definition) is 3. The summed E-state index contributed by atoms with van der Waals surface area (Å²) in [6.45, 7) is 5.38. The molecular weight excluding hydrogens is 202 g/mol. The van der Waals surface area contributed by atoms with Crippen LogP contribution in [0, 0.1) is 0 Å². The van der Waals surface area contributed by atoms with Crippen LogP contribution >= 0.6 is 0 Å². The maximum atomic E-state index is 8.71. The van der Waals surface area contributed by atoms with Gasteiger partial charge in [-0.25, -0.2) is 0 Å². The highest BCUT2D eigenvalue weighted by atomic mass is 16.2. The first-order chi connectivity index (χ1) is 7.74. The van der Waals surface area contributed by atoms with Crippen molar-refractivity contribution in [3.63, 3.8) is 0 Å². The number of nitrogens with zero attached hydrogens (tertiary/aromatic N) is 2. The van der Waals surface area contributed by atoms with E-state index in [-0.39, 0.29) is 6.61 Å². The minimum absolute atomic E-state index is 0.280. The molecule has 1 aromatic rings. The third-order valence-electron chi connectivity index (χ3n) is 2.87. The van der Waals surface area contributed by atoms with Crippen molar-refractivity contribution >= 4 is 5.69 Å². The number of nitrogen functional groups attached to an aromatic ring is 1. The zero-order valence-corrected chi connectivity index (χ0v) is 10.4. The molecule has 0 spiro atoms.